The number of benzene rings is 1. The second-order valence-electron chi connectivity index (χ2n) is 4.29. The van der Waals surface area contributed by atoms with Crippen LogP contribution in [0.5, 0.6) is 0 Å². The van der Waals surface area contributed by atoms with Crippen molar-refractivity contribution in [3.63, 3.8) is 0 Å². The first-order valence-electron chi connectivity index (χ1n) is 5.72. The van der Waals surface area contributed by atoms with Crippen molar-refractivity contribution < 1.29 is 0 Å². The maximum atomic E-state index is 6.17. The molecule has 1 aromatic carbocycles. The standard InChI is InChI=1S/C13H15Cl2N3/c1-9(12-4-3-11(14)5-13(12)15)16-6-10-7-17-18(2)8-10/h3-5,7-9,16H,6H2,1-2H3. The van der Waals surface area contributed by atoms with E-state index in [2.05, 4.69) is 17.3 Å². The molecule has 1 aromatic heterocycles. The number of nitrogens with one attached hydrogen (secondary N) is 1. The third-order valence-electron chi connectivity index (χ3n) is 2.80. The average molecular weight is 284 g/mol. The molecule has 96 valence electrons. The summed E-state index contributed by atoms with van der Waals surface area (Å²) in [6.45, 7) is 2.83. The van der Waals surface area contributed by atoms with E-state index in [4.69, 9.17) is 23.2 Å². The zero-order chi connectivity index (χ0) is 13.1. The fourth-order valence-corrected chi connectivity index (χ4v) is 2.37. The molecule has 1 N–H and O–H groups in total. The molecule has 1 unspecified atom stereocenters. The quantitative estimate of drug-likeness (QED) is 0.930. The molecule has 1 heterocycles. The average Bonchev–Trinajstić information content (AvgIpc) is 2.72. The van der Waals surface area contributed by atoms with Crippen molar-refractivity contribution in [2.24, 2.45) is 7.05 Å². The topological polar surface area (TPSA) is 29.9 Å². The van der Waals surface area contributed by atoms with Crippen LogP contribution in [0.1, 0.15) is 24.1 Å². The van der Waals surface area contributed by atoms with E-state index in [-0.39, 0.29) is 6.04 Å². The van der Waals surface area contributed by atoms with Crippen LogP contribution in [0, 0.1) is 0 Å². The van der Waals surface area contributed by atoms with Gasteiger partial charge in [0, 0.05) is 41.4 Å². The Labute approximate surface area is 117 Å². The zero-order valence-electron chi connectivity index (χ0n) is 10.3. The molecule has 5 heteroatoms. The van der Waals surface area contributed by atoms with Gasteiger partial charge < -0.3 is 5.32 Å². The van der Waals surface area contributed by atoms with Crippen LogP contribution < -0.4 is 5.32 Å². The summed E-state index contributed by atoms with van der Waals surface area (Å²) in [5.74, 6) is 0. The second-order valence-corrected chi connectivity index (χ2v) is 5.13. The van der Waals surface area contributed by atoms with Gasteiger partial charge in [0.2, 0.25) is 0 Å². The molecule has 18 heavy (non-hydrogen) atoms. The van der Waals surface area contributed by atoms with E-state index in [9.17, 15) is 0 Å². The van der Waals surface area contributed by atoms with Gasteiger partial charge in [-0.25, -0.2) is 0 Å². The summed E-state index contributed by atoms with van der Waals surface area (Å²) in [6.07, 6.45) is 3.84. The lowest BCUT2D eigenvalue weighted by Crippen LogP contribution is -2.18. The van der Waals surface area contributed by atoms with Crippen LogP contribution >= 0.6 is 23.2 Å². The summed E-state index contributed by atoms with van der Waals surface area (Å²) < 4.78 is 1.79. The van der Waals surface area contributed by atoms with Gasteiger partial charge in [-0.15, -0.1) is 0 Å². The maximum Gasteiger partial charge on any atom is 0.0534 e. The van der Waals surface area contributed by atoms with Gasteiger partial charge in [-0.2, -0.15) is 5.10 Å². The third-order valence-corrected chi connectivity index (χ3v) is 3.36. The molecule has 0 saturated carbocycles. The molecule has 2 aromatic rings. The van der Waals surface area contributed by atoms with Crippen LogP contribution in [0.25, 0.3) is 0 Å². The molecular weight excluding hydrogens is 269 g/mol. The predicted molar refractivity (Wildman–Crippen MR) is 74.9 cm³/mol. The molecule has 0 fully saturated rings. The Morgan fingerprint density at radius 3 is 2.78 bits per heavy atom. The van der Waals surface area contributed by atoms with Gasteiger partial charge in [-0.3, -0.25) is 4.68 Å². The Morgan fingerprint density at radius 1 is 1.39 bits per heavy atom. The van der Waals surface area contributed by atoms with Gasteiger partial charge in [-0.05, 0) is 24.6 Å². The molecule has 0 aliphatic heterocycles. The Morgan fingerprint density at radius 2 is 2.17 bits per heavy atom. The van der Waals surface area contributed by atoms with Crippen molar-refractivity contribution >= 4 is 23.2 Å². The van der Waals surface area contributed by atoms with Crippen LogP contribution in [0.3, 0.4) is 0 Å². The Bertz CT molecular complexity index is 537. The Hall–Kier alpha value is -1.03. The fraction of sp³-hybridized carbons (Fsp3) is 0.308. The molecule has 0 radical (unpaired) electrons. The van der Waals surface area contributed by atoms with Gasteiger partial charge in [0.25, 0.3) is 0 Å². The predicted octanol–water partition coefficient (Wildman–Crippen LogP) is 3.58. The SMILES string of the molecule is CC(NCc1cnn(C)c1)c1ccc(Cl)cc1Cl. The normalized spacial score (nSPS) is 12.7. The van der Waals surface area contributed by atoms with Crippen molar-refractivity contribution in [2.75, 3.05) is 0 Å². The first-order chi connectivity index (χ1) is 8.56. The number of hydrogen-bond donors (Lipinski definition) is 1. The monoisotopic (exact) mass is 283 g/mol. The molecule has 0 spiro atoms. The second kappa shape index (κ2) is 5.74. The molecule has 1 atom stereocenters. The number of aromatic nitrogens is 2. The fourth-order valence-electron chi connectivity index (χ4n) is 1.80. The highest BCUT2D eigenvalue weighted by Crippen LogP contribution is 2.26. The first-order valence-corrected chi connectivity index (χ1v) is 6.47. The molecular formula is C13H15Cl2N3. The summed E-state index contributed by atoms with van der Waals surface area (Å²) in [6, 6.07) is 5.73. The summed E-state index contributed by atoms with van der Waals surface area (Å²) in [7, 11) is 1.91. The van der Waals surface area contributed by atoms with Crippen molar-refractivity contribution in [3.05, 3.63) is 51.8 Å². The highest BCUT2D eigenvalue weighted by Gasteiger charge is 2.09. The lowest BCUT2D eigenvalue weighted by Gasteiger charge is -2.15. The first kappa shape index (κ1) is 13.4. The minimum absolute atomic E-state index is 0.162. The van der Waals surface area contributed by atoms with Crippen LogP contribution in [0.4, 0.5) is 0 Å². The van der Waals surface area contributed by atoms with Crippen LogP contribution in [-0.2, 0) is 13.6 Å². The number of rotatable bonds is 4. The summed E-state index contributed by atoms with van der Waals surface area (Å²) in [4.78, 5) is 0. The van der Waals surface area contributed by atoms with Gasteiger partial charge in [0.1, 0.15) is 0 Å². The molecule has 0 saturated heterocycles. The Kier molecular flexibility index (Phi) is 4.27. The number of aryl methyl sites for hydroxylation is 1. The van der Waals surface area contributed by atoms with Crippen LogP contribution in [0.15, 0.2) is 30.6 Å². The molecule has 0 aliphatic rings. The highest BCUT2D eigenvalue weighted by molar-refractivity contribution is 6.35. The van der Waals surface area contributed by atoms with Crippen molar-refractivity contribution in [1.82, 2.24) is 15.1 Å². The summed E-state index contributed by atoms with van der Waals surface area (Å²) in [5, 5.41) is 8.88. The van der Waals surface area contributed by atoms with Crippen molar-refractivity contribution in [2.45, 2.75) is 19.5 Å². The number of nitrogens with zero attached hydrogens (tertiary/aromatic N) is 2. The van der Waals surface area contributed by atoms with E-state index in [1.54, 1.807) is 10.7 Å². The smallest absolute Gasteiger partial charge is 0.0534 e. The zero-order valence-corrected chi connectivity index (χ0v) is 11.8. The van der Waals surface area contributed by atoms with Gasteiger partial charge in [0.15, 0.2) is 0 Å². The van der Waals surface area contributed by atoms with Crippen LogP contribution in [0.2, 0.25) is 10.0 Å². The van der Waals surface area contributed by atoms with Gasteiger partial charge in [0.05, 0.1) is 6.20 Å². The molecule has 3 nitrogen and oxygen atoms in total. The lowest BCUT2D eigenvalue weighted by atomic mass is 10.1. The van der Waals surface area contributed by atoms with E-state index in [1.165, 1.54) is 0 Å². The van der Waals surface area contributed by atoms with Crippen molar-refractivity contribution in [3.8, 4) is 0 Å². The van der Waals surface area contributed by atoms with E-state index < -0.39 is 0 Å². The minimum Gasteiger partial charge on any atom is -0.306 e. The summed E-state index contributed by atoms with van der Waals surface area (Å²) in [5.41, 5.74) is 2.19. The molecule has 2 rings (SSSR count). The molecule has 0 bridgehead atoms. The third kappa shape index (κ3) is 3.25. The van der Waals surface area contributed by atoms with E-state index >= 15 is 0 Å². The van der Waals surface area contributed by atoms with Gasteiger partial charge >= 0.3 is 0 Å². The van der Waals surface area contributed by atoms with E-state index in [0.29, 0.717) is 10.0 Å². The van der Waals surface area contributed by atoms with Gasteiger partial charge in [-0.1, -0.05) is 29.3 Å². The highest BCUT2D eigenvalue weighted by atomic mass is 35.5. The minimum atomic E-state index is 0.162. The molecule has 0 aliphatic carbocycles. The van der Waals surface area contributed by atoms with Crippen molar-refractivity contribution in [1.29, 1.82) is 0 Å². The summed E-state index contributed by atoms with van der Waals surface area (Å²) >= 11 is 12.1. The van der Waals surface area contributed by atoms with Crippen LogP contribution in [-0.4, -0.2) is 9.78 Å². The lowest BCUT2D eigenvalue weighted by molar-refractivity contribution is 0.574. The number of hydrogen-bond acceptors (Lipinski definition) is 2. The van der Waals surface area contributed by atoms with E-state index in [0.717, 1.165) is 17.7 Å². The molecule has 0 amide bonds. The van der Waals surface area contributed by atoms with E-state index in [1.807, 2.05) is 31.6 Å². The maximum absolute atomic E-state index is 6.17. The number of halogens is 2. The largest absolute Gasteiger partial charge is 0.306 e. The Balaban J connectivity index is 2.01.